The molecule has 0 bridgehead atoms. The Bertz CT molecular complexity index is 133. The Kier molecular flexibility index (Phi) is 1.48. The molecular formula is C9H16O. The molecule has 0 aliphatic heterocycles. The first-order chi connectivity index (χ1) is 4.83. The molecule has 2 aliphatic carbocycles. The summed E-state index contributed by atoms with van der Waals surface area (Å²) in [6.45, 7) is 3.38. The van der Waals surface area contributed by atoms with E-state index in [0.717, 1.165) is 30.3 Å². The van der Waals surface area contributed by atoms with E-state index in [9.17, 15) is 0 Å². The third-order valence-corrected chi connectivity index (χ3v) is 3.38. The van der Waals surface area contributed by atoms with Gasteiger partial charge in [0.1, 0.15) is 0 Å². The van der Waals surface area contributed by atoms with E-state index >= 15 is 0 Å². The third-order valence-electron chi connectivity index (χ3n) is 3.38. The summed E-state index contributed by atoms with van der Waals surface area (Å²) < 4.78 is 5.17. The predicted molar refractivity (Wildman–Crippen MR) is 40.7 cm³/mol. The number of rotatable bonds is 2. The van der Waals surface area contributed by atoms with Gasteiger partial charge < -0.3 is 4.74 Å². The Labute approximate surface area is 62.8 Å². The van der Waals surface area contributed by atoms with Gasteiger partial charge in [0.2, 0.25) is 0 Å². The first-order valence-corrected chi connectivity index (χ1v) is 4.32. The minimum absolute atomic E-state index is 0.883. The van der Waals surface area contributed by atoms with Crippen molar-refractivity contribution in [3.63, 3.8) is 0 Å². The number of fused-ring (bicyclic) bond motifs is 1. The zero-order chi connectivity index (χ0) is 7.14. The van der Waals surface area contributed by atoms with E-state index in [0.29, 0.717) is 0 Å². The van der Waals surface area contributed by atoms with Crippen molar-refractivity contribution >= 4 is 0 Å². The Morgan fingerprint density at radius 1 is 1.40 bits per heavy atom. The molecule has 2 fully saturated rings. The molecule has 0 heterocycles. The van der Waals surface area contributed by atoms with Gasteiger partial charge >= 0.3 is 0 Å². The van der Waals surface area contributed by atoms with Crippen molar-refractivity contribution in [2.24, 2.45) is 23.7 Å². The van der Waals surface area contributed by atoms with Crippen molar-refractivity contribution in [3.05, 3.63) is 0 Å². The van der Waals surface area contributed by atoms with Crippen LogP contribution in [-0.4, -0.2) is 13.7 Å². The first kappa shape index (κ1) is 6.66. The van der Waals surface area contributed by atoms with Crippen LogP contribution in [0.4, 0.5) is 0 Å². The normalized spacial score (nSPS) is 51.0. The summed E-state index contributed by atoms with van der Waals surface area (Å²) in [5, 5.41) is 0. The Hall–Kier alpha value is -0.0400. The van der Waals surface area contributed by atoms with Gasteiger partial charge in [-0.2, -0.15) is 0 Å². The van der Waals surface area contributed by atoms with Crippen LogP contribution in [-0.2, 0) is 4.74 Å². The molecule has 2 saturated carbocycles. The van der Waals surface area contributed by atoms with Gasteiger partial charge in [-0.3, -0.25) is 0 Å². The van der Waals surface area contributed by atoms with Crippen molar-refractivity contribution in [2.45, 2.75) is 19.8 Å². The SMILES string of the molecule is COCC1CC2CC2C1C. The average Bonchev–Trinajstić information content (AvgIpc) is 2.60. The molecule has 4 atom stereocenters. The second-order valence-corrected chi connectivity index (χ2v) is 3.97. The van der Waals surface area contributed by atoms with Gasteiger partial charge in [0.25, 0.3) is 0 Å². The Morgan fingerprint density at radius 2 is 2.20 bits per heavy atom. The standard InChI is InChI=1S/C9H16O/c1-6-8(5-10-2)3-7-4-9(6)7/h6-9H,3-5H2,1-2H3. The highest BCUT2D eigenvalue weighted by molar-refractivity contribution is 4.99. The zero-order valence-corrected chi connectivity index (χ0v) is 6.84. The van der Waals surface area contributed by atoms with E-state index in [2.05, 4.69) is 6.92 Å². The molecule has 0 aromatic rings. The number of methoxy groups -OCH3 is 1. The summed E-state index contributed by atoms with van der Waals surface area (Å²) in [4.78, 5) is 0. The third kappa shape index (κ3) is 0.878. The van der Waals surface area contributed by atoms with Crippen LogP contribution in [0, 0.1) is 23.7 Å². The molecule has 10 heavy (non-hydrogen) atoms. The molecule has 0 saturated heterocycles. The minimum Gasteiger partial charge on any atom is -0.384 e. The van der Waals surface area contributed by atoms with Gasteiger partial charge in [0, 0.05) is 13.7 Å². The van der Waals surface area contributed by atoms with Gasteiger partial charge in [-0.25, -0.2) is 0 Å². The molecular weight excluding hydrogens is 124 g/mol. The molecule has 1 nitrogen and oxygen atoms in total. The molecule has 0 radical (unpaired) electrons. The lowest BCUT2D eigenvalue weighted by Crippen LogP contribution is -2.14. The van der Waals surface area contributed by atoms with Crippen LogP contribution in [0.15, 0.2) is 0 Å². The molecule has 1 heteroatoms. The molecule has 0 spiro atoms. The second-order valence-electron chi connectivity index (χ2n) is 3.97. The molecule has 2 rings (SSSR count). The molecule has 2 aliphatic rings. The van der Waals surface area contributed by atoms with Crippen LogP contribution in [0.5, 0.6) is 0 Å². The smallest absolute Gasteiger partial charge is 0.0493 e. The van der Waals surface area contributed by atoms with E-state index in [1.54, 1.807) is 0 Å². The van der Waals surface area contributed by atoms with E-state index < -0.39 is 0 Å². The van der Waals surface area contributed by atoms with Gasteiger partial charge in [-0.05, 0) is 36.5 Å². The van der Waals surface area contributed by atoms with Crippen LogP contribution >= 0.6 is 0 Å². The number of ether oxygens (including phenoxy) is 1. The number of hydrogen-bond acceptors (Lipinski definition) is 1. The summed E-state index contributed by atoms with van der Waals surface area (Å²) >= 11 is 0. The molecule has 4 unspecified atom stereocenters. The highest BCUT2D eigenvalue weighted by Gasteiger charge is 2.50. The van der Waals surface area contributed by atoms with Crippen molar-refractivity contribution in [2.75, 3.05) is 13.7 Å². The van der Waals surface area contributed by atoms with E-state index in [1.807, 2.05) is 7.11 Å². The summed E-state index contributed by atoms with van der Waals surface area (Å²) in [5.74, 6) is 4.01. The van der Waals surface area contributed by atoms with Gasteiger partial charge in [0.05, 0.1) is 0 Å². The maximum Gasteiger partial charge on any atom is 0.0493 e. The zero-order valence-electron chi connectivity index (χ0n) is 6.84. The fraction of sp³-hybridized carbons (Fsp3) is 1.00. The maximum atomic E-state index is 5.17. The van der Waals surface area contributed by atoms with Crippen LogP contribution in [0.25, 0.3) is 0 Å². The van der Waals surface area contributed by atoms with Crippen LogP contribution in [0.1, 0.15) is 19.8 Å². The largest absolute Gasteiger partial charge is 0.384 e. The van der Waals surface area contributed by atoms with Crippen molar-refractivity contribution in [3.8, 4) is 0 Å². The molecule has 0 N–H and O–H groups in total. The molecule has 0 amide bonds. The molecule has 0 aromatic carbocycles. The van der Waals surface area contributed by atoms with Gasteiger partial charge in [-0.15, -0.1) is 0 Å². The van der Waals surface area contributed by atoms with E-state index in [4.69, 9.17) is 4.74 Å². The fourth-order valence-electron chi connectivity index (χ4n) is 2.57. The van der Waals surface area contributed by atoms with E-state index in [1.165, 1.54) is 12.8 Å². The summed E-state index contributed by atoms with van der Waals surface area (Å²) in [5.41, 5.74) is 0. The minimum atomic E-state index is 0.883. The van der Waals surface area contributed by atoms with Gasteiger partial charge in [-0.1, -0.05) is 6.92 Å². The maximum absolute atomic E-state index is 5.17. The molecule has 58 valence electrons. The monoisotopic (exact) mass is 140 g/mol. The lowest BCUT2D eigenvalue weighted by atomic mass is 9.94. The highest BCUT2D eigenvalue weighted by Crippen LogP contribution is 2.57. The number of hydrogen-bond donors (Lipinski definition) is 0. The summed E-state index contributed by atoms with van der Waals surface area (Å²) in [7, 11) is 1.82. The fourth-order valence-corrected chi connectivity index (χ4v) is 2.57. The Morgan fingerprint density at radius 3 is 2.70 bits per heavy atom. The second kappa shape index (κ2) is 2.23. The summed E-state index contributed by atoms with van der Waals surface area (Å²) in [6, 6.07) is 0. The average molecular weight is 140 g/mol. The lowest BCUT2D eigenvalue weighted by molar-refractivity contribution is 0.127. The molecule has 0 aromatic heterocycles. The van der Waals surface area contributed by atoms with Crippen LogP contribution < -0.4 is 0 Å². The Balaban J connectivity index is 1.88. The van der Waals surface area contributed by atoms with E-state index in [-0.39, 0.29) is 0 Å². The predicted octanol–water partition coefficient (Wildman–Crippen LogP) is 1.92. The van der Waals surface area contributed by atoms with Crippen LogP contribution in [0.3, 0.4) is 0 Å². The van der Waals surface area contributed by atoms with Crippen LogP contribution in [0.2, 0.25) is 0 Å². The van der Waals surface area contributed by atoms with Crippen molar-refractivity contribution in [1.82, 2.24) is 0 Å². The van der Waals surface area contributed by atoms with Gasteiger partial charge in [0.15, 0.2) is 0 Å². The quantitative estimate of drug-likeness (QED) is 0.569. The van der Waals surface area contributed by atoms with Crippen molar-refractivity contribution < 1.29 is 4.74 Å². The van der Waals surface area contributed by atoms with Crippen molar-refractivity contribution in [1.29, 1.82) is 0 Å². The topological polar surface area (TPSA) is 9.23 Å². The lowest BCUT2D eigenvalue weighted by Gasteiger charge is -2.16. The first-order valence-electron chi connectivity index (χ1n) is 4.32. The summed E-state index contributed by atoms with van der Waals surface area (Å²) in [6.07, 6.45) is 2.96. The highest BCUT2D eigenvalue weighted by atomic mass is 16.5.